The molecular formula is C6H9NO2S2. The van der Waals surface area contributed by atoms with Gasteiger partial charge in [-0.3, -0.25) is 0 Å². The summed E-state index contributed by atoms with van der Waals surface area (Å²) in [7, 11) is 1.57. The van der Waals surface area contributed by atoms with Crippen LogP contribution in [0.1, 0.15) is 4.88 Å². The number of thioether (sulfide) groups is 1. The Hall–Kier alpha value is -0.260. The van der Waals surface area contributed by atoms with Gasteiger partial charge in [-0.1, -0.05) is 11.3 Å². The SMILES string of the molecule is COc1nc(SC)c(CO)s1. The predicted octanol–water partition coefficient (Wildman–Crippen LogP) is 1.37. The van der Waals surface area contributed by atoms with Crippen LogP contribution in [0.15, 0.2) is 5.03 Å². The normalized spacial score (nSPS) is 10.1. The van der Waals surface area contributed by atoms with E-state index in [1.807, 2.05) is 6.26 Å². The molecule has 0 saturated carbocycles. The molecule has 0 atom stereocenters. The van der Waals surface area contributed by atoms with Gasteiger partial charge in [-0.2, -0.15) is 4.98 Å². The lowest BCUT2D eigenvalue weighted by Crippen LogP contribution is -1.80. The molecule has 11 heavy (non-hydrogen) atoms. The summed E-state index contributed by atoms with van der Waals surface area (Å²) in [5.41, 5.74) is 0. The number of hydrogen-bond donors (Lipinski definition) is 1. The third-order valence-corrected chi connectivity index (χ3v) is 3.01. The third kappa shape index (κ3) is 1.85. The molecule has 0 unspecified atom stereocenters. The predicted molar refractivity (Wildman–Crippen MR) is 46.4 cm³/mol. The number of rotatable bonds is 3. The van der Waals surface area contributed by atoms with Gasteiger partial charge in [0, 0.05) is 0 Å². The van der Waals surface area contributed by atoms with E-state index >= 15 is 0 Å². The first-order chi connectivity index (χ1) is 5.31. The van der Waals surface area contributed by atoms with Gasteiger partial charge in [0.1, 0.15) is 5.03 Å². The molecule has 0 radical (unpaired) electrons. The fraction of sp³-hybridized carbons (Fsp3) is 0.500. The maximum atomic E-state index is 8.86. The lowest BCUT2D eigenvalue weighted by Gasteiger charge is -1.89. The minimum absolute atomic E-state index is 0.0389. The van der Waals surface area contributed by atoms with E-state index in [-0.39, 0.29) is 6.61 Å². The summed E-state index contributed by atoms with van der Waals surface area (Å²) in [6.45, 7) is 0.0389. The Morgan fingerprint density at radius 3 is 2.82 bits per heavy atom. The summed E-state index contributed by atoms with van der Waals surface area (Å²) in [6.07, 6.45) is 1.92. The van der Waals surface area contributed by atoms with Gasteiger partial charge < -0.3 is 9.84 Å². The maximum absolute atomic E-state index is 8.86. The number of hydrogen-bond acceptors (Lipinski definition) is 5. The summed E-state index contributed by atoms with van der Waals surface area (Å²) in [6, 6.07) is 0. The van der Waals surface area contributed by atoms with Crippen LogP contribution in [0.25, 0.3) is 0 Å². The van der Waals surface area contributed by atoms with E-state index in [4.69, 9.17) is 9.84 Å². The van der Waals surface area contributed by atoms with Gasteiger partial charge in [-0.15, -0.1) is 11.8 Å². The highest BCUT2D eigenvalue weighted by Gasteiger charge is 2.08. The fourth-order valence-corrected chi connectivity index (χ4v) is 2.19. The molecule has 5 heteroatoms. The summed E-state index contributed by atoms with van der Waals surface area (Å²) in [5.74, 6) is 0. The molecule has 1 rings (SSSR count). The van der Waals surface area contributed by atoms with Crippen LogP contribution in [-0.4, -0.2) is 23.5 Å². The largest absolute Gasteiger partial charge is 0.473 e. The van der Waals surface area contributed by atoms with E-state index in [1.54, 1.807) is 7.11 Å². The second-order valence-electron chi connectivity index (χ2n) is 1.77. The van der Waals surface area contributed by atoms with Crippen molar-refractivity contribution in [3.05, 3.63) is 4.88 Å². The van der Waals surface area contributed by atoms with E-state index in [0.29, 0.717) is 5.19 Å². The third-order valence-electron chi connectivity index (χ3n) is 1.15. The molecule has 0 aromatic carbocycles. The van der Waals surface area contributed by atoms with Gasteiger partial charge in [0.15, 0.2) is 0 Å². The Morgan fingerprint density at radius 2 is 2.45 bits per heavy atom. The van der Waals surface area contributed by atoms with E-state index < -0.39 is 0 Å². The first kappa shape index (κ1) is 8.83. The van der Waals surface area contributed by atoms with E-state index in [1.165, 1.54) is 23.1 Å². The molecule has 0 aliphatic rings. The molecule has 1 aromatic rings. The van der Waals surface area contributed by atoms with Gasteiger partial charge in [0.25, 0.3) is 5.19 Å². The van der Waals surface area contributed by atoms with Crippen molar-refractivity contribution in [2.24, 2.45) is 0 Å². The van der Waals surface area contributed by atoms with Gasteiger partial charge in [-0.05, 0) is 6.26 Å². The summed E-state index contributed by atoms with van der Waals surface area (Å²) >= 11 is 2.90. The Kier molecular flexibility index (Phi) is 3.16. The Morgan fingerprint density at radius 1 is 1.73 bits per heavy atom. The molecule has 0 saturated heterocycles. The zero-order valence-corrected chi connectivity index (χ0v) is 7.96. The minimum Gasteiger partial charge on any atom is -0.473 e. The highest BCUT2D eigenvalue weighted by atomic mass is 32.2. The van der Waals surface area contributed by atoms with Gasteiger partial charge in [-0.25, -0.2) is 0 Å². The molecule has 62 valence electrons. The molecule has 3 nitrogen and oxygen atoms in total. The fourth-order valence-electron chi connectivity index (χ4n) is 0.664. The molecule has 0 bridgehead atoms. The Bertz CT molecular complexity index is 215. The standard InChI is InChI=1S/C6H9NO2S2/c1-9-6-7-5(10-2)4(3-8)11-6/h8H,3H2,1-2H3. The molecule has 0 fully saturated rings. The average molecular weight is 191 g/mol. The van der Waals surface area contributed by atoms with Gasteiger partial charge >= 0.3 is 0 Å². The van der Waals surface area contributed by atoms with E-state index in [9.17, 15) is 0 Å². The second-order valence-corrected chi connectivity index (χ2v) is 3.62. The molecule has 1 aromatic heterocycles. The quantitative estimate of drug-likeness (QED) is 0.733. The van der Waals surface area contributed by atoms with Crippen molar-refractivity contribution >= 4 is 23.1 Å². The summed E-state index contributed by atoms with van der Waals surface area (Å²) < 4.78 is 4.92. The number of thiazole rings is 1. The number of aliphatic hydroxyl groups excluding tert-OH is 1. The van der Waals surface area contributed by atoms with Crippen molar-refractivity contribution in [1.29, 1.82) is 0 Å². The molecule has 0 aliphatic heterocycles. The van der Waals surface area contributed by atoms with E-state index in [0.717, 1.165) is 9.90 Å². The van der Waals surface area contributed by atoms with Crippen LogP contribution < -0.4 is 4.74 Å². The number of nitrogens with zero attached hydrogens (tertiary/aromatic N) is 1. The van der Waals surface area contributed by atoms with Crippen molar-refractivity contribution < 1.29 is 9.84 Å². The summed E-state index contributed by atoms with van der Waals surface area (Å²) in [4.78, 5) is 4.99. The maximum Gasteiger partial charge on any atom is 0.274 e. The first-order valence-corrected chi connectivity index (χ1v) is 5.04. The topological polar surface area (TPSA) is 42.4 Å². The van der Waals surface area contributed by atoms with Crippen LogP contribution in [0.3, 0.4) is 0 Å². The van der Waals surface area contributed by atoms with Gasteiger partial charge in [0.2, 0.25) is 0 Å². The summed E-state index contributed by atoms with van der Waals surface area (Å²) in [5, 5.41) is 10.3. The Labute approximate surface area is 73.4 Å². The highest BCUT2D eigenvalue weighted by Crippen LogP contribution is 2.30. The first-order valence-electron chi connectivity index (χ1n) is 3.00. The molecule has 1 N–H and O–H groups in total. The van der Waals surface area contributed by atoms with E-state index in [2.05, 4.69) is 4.98 Å². The monoisotopic (exact) mass is 191 g/mol. The van der Waals surface area contributed by atoms with Crippen LogP contribution in [0.5, 0.6) is 5.19 Å². The van der Waals surface area contributed by atoms with Crippen LogP contribution in [0.4, 0.5) is 0 Å². The molecule has 0 aliphatic carbocycles. The minimum atomic E-state index is 0.0389. The van der Waals surface area contributed by atoms with Crippen molar-refractivity contribution in [3.8, 4) is 5.19 Å². The zero-order chi connectivity index (χ0) is 8.27. The second kappa shape index (κ2) is 3.94. The van der Waals surface area contributed by atoms with Crippen LogP contribution >= 0.6 is 23.1 Å². The zero-order valence-electron chi connectivity index (χ0n) is 6.33. The lowest BCUT2D eigenvalue weighted by atomic mass is 10.6. The van der Waals surface area contributed by atoms with Crippen LogP contribution in [-0.2, 0) is 6.61 Å². The Balaban J connectivity index is 2.92. The van der Waals surface area contributed by atoms with Crippen LogP contribution in [0, 0.1) is 0 Å². The van der Waals surface area contributed by atoms with Crippen molar-refractivity contribution in [1.82, 2.24) is 4.98 Å². The number of aromatic nitrogens is 1. The molecular weight excluding hydrogens is 182 g/mol. The average Bonchev–Trinajstić information content (AvgIpc) is 2.46. The smallest absolute Gasteiger partial charge is 0.274 e. The van der Waals surface area contributed by atoms with Crippen LogP contribution in [0.2, 0.25) is 0 Å². The molecule has 1 heterocycles. The highest BCUT2D eigenvalue weighted by molar-refractivity contribution is 7.98. The van der Waals surface area contributed by atoms with Crippen molar-refractivity contribution in [2.45, 2.75) is 11.6 Å². The molecule has 0 amide bonds. The van der Waals surface area contributed by atoms with Crippen molar-refractivity contribution in [2.75, 3.05) is 13.4 Å². The number of ether oxygens (including phenoxy) is 1. The van der Waals surface area contributed by atoms with Crippen molar-refractivity contribution in [3.63, 3.8) is 0 Å². The molecule has 0 spiro atoms. The van der Waals surface area contributed by atoms with Gasteiger partial charge in [0.05, 0.1) is 18.6 Å². The number of methoxy groups -OCH3 is 1. The lowest BCUT2D eigenvalue weighted by molar-refractivity contribution is 0.282. The number of aliphatic hydroxyl groups is 1.